The van der Waals surface area contributed by atoms with Crippen LogP contribution in [0.25, 0.3) is 0 Å². The van der Waals surface area contributed by atoms with Gasteiger partial charge >= 0.3 is 0 Å². The zero-order chi connectivity index (χ0) is 25.2. The highest BCUT2D eigenvalue weighted by atomic mass is 19.1. The van der Waals surface area contributed by atoms with Crippen LogP contribution in [0.1, 0.15) is 41.8 Å². The fourth-order valence-corrected chi connectivity index (χ4v) is 4.23. The van der Waals surface area contributed by atoms with Gasteiger partial charge in [-0.15, -0.1) is 0 Å². The second kappa shape index (κ2) is 9.89. The Labute approximate surface area is 203 Å². The second-order valence-corrected chi connectivity index (χ2v) is 8.93. The van der Waals surface area contributed by atoms with Crippen molar-refractivity contribution >= 4 is 23.3 Å². The summed E-state index contributed by atoms with van der Waals surface area (Å²) in [4.78, 5) is 38.1. The van der Waals surface area contributed by atoms with Crippen LogP contribution in [0.3, 0.4) is 0 Å². The van der Waals surface area contributed by atoms with E-state index in [1.54, 1.807) is 44.1 Å². The number of carbonyl (C=O) groups is 2. The van der Waals surface area contributed by atoms with Gasteiger partial charge in [0.05, 0.1) is 25.5 Å². The Morgan fingerprint density at radius 2 is 2.00 bits per heavy atom. The van der Waals surface area contributed by atoms with Crippen LogP contribution in [0, 0.1) is 0 Å². The first-order valence-corrected chi connectivity index (χ1v) is 11.5. The average molecular weight is 484 g/mol. The van der Waals surface area contributed by atoms with E-state index in [0.29, 0.717) is 67.3 Å². The van der Waals surface area contributed by atoms with Crippen molar-refractivity contribution in [2.24, 2.45) is 4.99 Å². The Hall–Kier alpha value is -3.69. The molecular weight excluding hydrogens is 453 g/mol. The SMILES string of the molecule is C/N=c1/cc(N2CCOc3cc(C(=O)N4CCC(C)(F)CC4)cnc32)ccn1C(=O)/C(C)=C\OC. The zero-order valence-corrected chi connectivity index (χ0v) is 20.5. The van der Waals surface area contributed by atoms with Crippen LogP contribution in [-0.4, -0.2) is 72.3 Å². The van der Waals surface area contributed by atoms with Crippen molar-refractivity contribution in [2.45, 2.75) is 32.4 Å². The third kappa shape index (κ3) is 5.06. The molecule has 0 unspecified atom stereocenters. The van der Waals surface area contributed by atoms with Gasteiger partial charge in [0.2, 0.25) is 0 Å². The average Bonchev–Trinajstić information content (AvgIpc) is 2.87. The fraction of sp³-hybridized carbons (Fsp3) is 0.440. The van der Waals surface area contributed by atoms with Crippen molar-refractivity contribution in [2.75, 3.05) is 45.3 Å². The number of hydrogen-bond acceptors (Lipinski definition) is 7. The summed E-state index contributed by atoms with van der Waals surface area (Å²) in [6.07, 6.45) is 5.23. The number of aromatic nitrogens is 2. The number of methoxy groups -OCH3 is 1. The summed E-state index contributed by atoms with van der Waals surface area (Å²) in [5.41, 5.74) is 0.887. The van der Waals surface area contributed by atoms with Gasteiger partial charge in [0.1, 0.15) is 17.8 Å². The molecule has 1 fully saturated rings. The smallest absolute Gasteiger partial charge is 0.262 e. The number of anilines is 2. The van der Waals surface area contributed by atoms with Crippen LogP contribution in [0.5, 0.6) is 5.75 Å². The maximum atomic E-state index is 14.1. The van der Waals surface area contributed by atoms with E-state index < -0.39 is 5.67 Å². The van der Waals surface area contributed by atoms with E-state index in [1.807, 2.05) is 11.0 Å². The maximum Gasteiger partial charge on any atom is 0.262 e. The van der Waals surface area contributed by atoms with E-state index >= 15 is 0 Å². The molecule has 0 saturated carbocycles. The number of rotatable bonds is 4. The molecule has 35 heavy (non-hydrogen) atoms. The molecule has 0 bridgehead atoms. The van der Waals surface area contributed by atoms with E-state index in [-0.39, 0.29) is 11.8 Å². The summed E-state index contributed by atoms with van der Waals surface area (Å²) < 4.78 is 26.4. The molecule has 1 saturated heterocycles. The molecule has 0 aromatic carbocycles. The summed E-state index contributed by atoms with van der Waals surface area (Å²) in [5, 5.41) is 0. The number of amides is 1. The van der Waals surface area contributed by atoms with Crippen molar-refractivity contribution in [3.8, 4) is 5.75 Å². The zero-order valence-electron chi connectivity index (χ0n) is 20.5. The molecule has 4 heterocycles. The first-order chi connectivity index (χ1) is 16.7. The Balaban J connectivity index is 1.60. The monoisotopic (exact) mass is 483 g/mol. The Bertz CT molecular complexity index is 1230. The molecule has 2 aromatic rings. The molecule has 0 aliphatic carbocycles. The van der Waals surface area contributed by atoms with Gasteiger partial charge in [0.15, 0.2) is 11.6 Å². The molecular formula is C25H30FN5O4. The summed E-state index contributed by atoms with van der Waals surface area (Å²) in [5.74, 6) is 0.649. The molecule has 0 radical (unpaired) electrons. The van der Waals surface area contributed by atoms with Gasteiger partial charge < -0.3 is 19.3 Å². The molecule has 0 atom stereocenters. The Kier molecular flexibility index (Phi) is 6.90. The number of ether oxygens (including phenoxy) is 2. The van der Waals surface area contributed by atoms with Crippen LogP contribution < -0.4 is 15.1 Å². The summed E-state index contributed by atoms with van der Waals surface area (Å²) >= 11 is 0. The van der Waals surface area contributed by atoms with Crippen LogP contribution in [0.2, 0.25) is 0 Å². The molecule has 4 rings (SSSR count). The predicted octanol–water partition coefficient (Wildman–Crippen LogP) is 3.10. The van der Waals surface area contributed by atoms with E-state index in [9.17, 15) is 14.0 Å². The molecule has 0 spiro atoms. The largest absolute Gasteiger partial charge is 0.504 e. The van der Waals surface area contributed by atoms with Crippen molar-refractivity contribution in [3.05, 3.63) is 53.5 Å². The van der Waals surface area contributed by atoms with Gasteiger partial charge in [0, 0.05) is 49.9 Å². The number of carbonyl (C=O) groups excluding carboxylic acids is 2. The number of alkyl halides is 1. The van der Waals surface area contributed by atoms with Gasteiger partial charge in [-0.1, -0.05) is 0 Å². The lowest BCUT2D eigenvalue weighted by Crippen LogP contribution is -2.43. The minimum absolute atomic E-state index is 0.178. The summed E-state index contributed by atoms with van der Waals surface area (Å²) in [7, 11) is 3.11. The van der Waals surface area contributed by atoms with E-state index in [1.165, 1.54) is 24.1 Å². The first kappa shape index (κ1) is 24.4. The van der Waals surface area contributed by atoms with Gasteiger partial charge in [-0.05, 0) is 38.8 Å². The van der Waals surface area contributed by atoms with Crippen LogP contribution in [0.4, 0.5) is 15.9 Å². The van der Waals surface area contributed by atoms with Gasteiger partial charge in [0.25, 0.3) is 11.8 Å². The molecule has 2 aliphatic rings. The standard InChI is InChI=1S/C25H30FN5O4/c1-17(16-34-4)23(32)31-8-5-19(14-21(31)27-3)30-11-12-35-20-13-18(15-28-22(20)30)24(33)29-9-6-25(2,26)7-10-29/h5,8,13-16H,6-7,9-12H2,1-4H3/b17-16-,27-21-. The van der Waals surface area contributed by atoms with Crippen molar-refractivity contribution in [1.82, 2.24) is 14.5 Å². The Morgan fingerprint density at radius 1 is 1.26 bits per heavy atom. The van der Waals surface area contributed by atoms with Gasteiger partial charge in [-0.25, -0.2) is 9.37 Å². The lowest BCUT2D eigenvalue weighted by Gasteiger charge is -2.34. The highest BCUT2D eigenvalue weighted by Crippen LogP contribution is 2.35. The van der Waals surface area contributed by atoms with Crippen molar-refractivity contribution < 1.29 is 23.5 Å². The molecule has 186 valence electrons. The van der Waals surface area contributed by atoms with Crippen LogP contribution in [0.15, 0.2) is 47.4 Å². The fourth-order valence-electron chi connectivity index (χ4n) is 4.23. The van der Waals surface area contributed by atoms with Crippen molar-refractivity contribution in [1.29, 1.82) is 0 Å². The topological polar surface area (TPSA) is 89.3 Å². The number of likely N-dealkylation sites (tertiary alicyclic amines) is 1. The number of halogens is 1. The molecule has 9 nitrogen and oxygen atoms in total. The first-order valence-electron chi connectivity index (χ1n) is 11.5. The third-order valence-corrected chi connectivity index (χ3v) is 6.31. The number of hydrogen-bond donors (Lipinski definition) is 0. The number of allylic oxidation sites excluding steroid dienone is 1. The third-order valence-electron chi connectivity index (χ3n) is 6.31. The summed E-state index contributed by atoms with van der Waals surface area (Å²) in [6, 6.07) is 5.30. The number of fused-ring (bicyclic) bond motifs is 1. The predicted molar refractivity (Wildman–Crippen MR) is 129 cm³/mol. The minimum Gasteiger partial charge on any atom is -0.504 e. The van der Waals surface area contributed by atoms with E-state index in [4.69, 9.17) is 9.47 Å². The lowest BCUT2D eigenvalue weighted by atomic mass is 9.95. The van der Waals surface area contributed by atoms with Crippen molar-refractivity contribution in [3.63, 3.8) is 0 Å². The highest BCUT2D eigenvalue weighted by Gasteiger charge is 2.32. The Morgan fingerprint density at radius 3 is 2.69 bits per heavy atom. The maximum absolute atomic E-state index is 14.1. The number of piperidine rings is 1. The lowest BCUT2D eigenvalue weighted by molar-refractivity contribution is 0.0503. The highest BCUT2D eigenvalue weighted by molar-refractivity contribution is 5.95. The van der Waals surface area contributed by atoms with Crippen LogP contribution in [-0.2, 0) is 4.74 Å². The molecule has 2 aromatic heterocycles. The molecule has 10 heteroatoms. The molecule has 1 amide bonds. The summed E-state index contributed by atoms with van der Waals surface area (Å²) in [6.45, 7) is 4.94. The molecule has 2 aliphatic heterocycles. The van der Waals surface area contributed by atoms with E-state index in [0.717, 1.165) is 5.69 Å². The minimum atomic E-state index is -1.23. The van der Waals surface area contributed by atoms with Gasteiger partial charge in [-0.2, -0.15) is 0 Å². The van der Waals surface area contributed by atoms with E-state index in [2.05, 4.69) is 9.98 Å². The quantitative estimate of drug-likeness (QED) is 0.491. The van der Waals surface area contributed by atoms with Gasteiger partial charge in [-0.3, -0.25) is 19.1 Å². The number of pyridine rings is 2. The molecule has 0 N–H and O–H groups in total. The number of nitrogens with zero attached hydrogens (tertiary/aromatic N) is 5. The van der Waals surface area contributed by atoms with Crippen LogP contribution >= 0.6 is 0 Å². The normalized spacial score (nSPS) is 18.1. The second-order valence-electron chi connectivity index (χ2n) is 8.93.